The Bertz CT molecular complexity index is 1100. The Hall–Kier alpha value is -3.13. The molecule has 0 bridgehead atoms. The molecule has 1 saturated heterocycles. The zero-order chi connectivity index (χ0) is 28.1. The molecule has 10 heteroatoms. The van der Waals surface area contributed by atoms with Gasteiger partial charge in [0.05, 0.1) is 6.54 Å². The van der Waals surface area contributed by atoms with Crippen LogP contribution in [0.2, 0.25) is 0 Å². The van der Waals surface area contributed by atoms with Crippen LogP contribution in [0.5, 0.6) is 0 Å². The first-order valence-corrected chi connectivity index (χ1v) is 14.9. The first-order chi connectivity index (χ1) is 18.8. The molecule has 39 heavy (non-hydrogen) atoms. The zero-order valence-corrected chi connectivity index (χ0v) is 23.4. The van der Waals surface area contributed by atoms with Crippen molar-refractivity contribution in [3.8, 4) is 0 Å². The highest BCUT2D eigenvalue weighted by molar-refractivity contribution is 7.39. The largest absolute Gasteiger partial charge is 0.521 e. The fraction of sp³-hybridized carbons (Fsp3) is 0.483. The molecule has 1 aliphatic rings. The Morgan fingerprint density at radius 2 is 1.69 bits per heavy atom. The van der Waals surface area contributed by atoms with Crippen LogP contribution >= 0.6 is 8.03 Å². The van der Waals surface area contributed by atoms with Crippen LogP contribution in [0, 0.1) is 0 Å². The van der Waals surface area contributed by atoms with Gasteiger partial charge in [-0.1, -0.05) is 60.7 Å². The SMILES string of the molecule is C[C@@H]1CCC[N+]1(C(=O)O)C(=O)[C@H](CCCCNC(=O)OCc1ccccc1)O[P+](=O)CCCc1ccccc1. The molecule has 1 aliphatic heterocycles. The van der Waals surface area contributed by atoms with Crippen molar-refractivity contribution in [1.29, 1.82) is 0 Å². The molecule has 0 saturated carbocycles. The van der Waals surface area contributed by atoms with Gasteiger partial charge in [-0.3, -0.25) is 0 Å². The number of benzene rings is 2. The Labute approximate surface area is 231 Å². The van der Waals surface area contributed by atoms with Crippen molar-refractivity contribution in [1.82, 2.24) is 5.32 Å². The quantitative estimate of drug-likeness (QED) is 0.165. The van der Waals surface area contributed by atoms with E-state index in [-0.39, 0.29) is 31.8 Å². The number of carbonyl (C=O) groups excluding carboxylic acids is 2. The number of imide groups is 1. The van der Waals surface area contributed by atoms with Gasteiger partial charge >= 0.3 is 26.1 Å². The van der Waals surface area contributed by atoms with Crippen LogP contribution in [0.15, 0.2) is 60.7 Å². The molecule has 0 radical (unpaired) electrons. The summed E-state index contributed by atoms with van der Waals surface area (Å²) in [4.78, 5) is 37.8. The summed E-state index contributed by atoms with van der Waals surface area (Å²) < 4.78 is 23.1. The van der Waals surface area contributed by atoms with E-state index in [0.717, 1.165) is 17.5 Å². The summed E-state index contributed by atoms with van der Waals surface area (Å²) in [5.41, 5.74) is 2.01. The van der Waals surface area contributed by atoms with Crippen LogP contribution in [0.25, 0.3) is 0 Å². The van der Waals surface area contributed by atoms with E-state index in [4.69, 9.17) is 9.26 Å². The maximum atomic E-state index is 13.6. The lowest BCUT2D eigenvalue weighted by molar-refractivity contribution is -0.794. The third-order valence-corrected chi connectivity index (χ3v) is 8.34. The van der Waals surface area contributed by atoms with Crippen molar-refractivity contribution >= 4 is 26.1 Å². The van der Waals surface area contributed by atoms with Crippen LogP contribution in [-0.2, 0) is 31.6 Å². The minimum Gasteiger partial charge on any atom is -0.445 e. The molecule has 0 aromatic heterocycles. The molecule has 3 amide bonds. The highest BCUT2D eigenvalue weighted by atomic mass is 31.1. The number of carboxylic acid groups (broad SMARTS) is 1. The molecule has 2 aromatic rings. The Balaban J connectivity index is 1.51. The van der Waals surface area contributed by atoms with Crippen LogP contribution in [0.3, 0.4) is 0 Å². The molecule has 2 aromatic carbocycles. The monoisotopic (exact) mass is 558 g/mol. The van der Waals surface area contributed by atoms with Gasteiger partial charge in [-0.2, -0.15) is 9.28 Å². The lowest BCUT2D eigenvalue weighted by atomic mass is 10.1. The molecule has 1 fully saturated rings. The molecule has 4 atom stereocenters. The summed E-state index contributed by atoms with van der Waals surface area (Å²) in [5.74, 6) is -0.547. The highest BCUT2D eigenvalue weighted by Gasteiger charge is 2.56. The van der Waals surface area contributed by atoms with Crippen LogP contribution in [-0.4, -0.2) is 59.1 Å². The maximum Gasteiger partial charge on any atom is 0.521 e. The van der Waals surface area contributed by atoms with E-state index < -0.39 is 36.7 Å². The average Bonchev–Trinajstić information content (AvgIpc) is 3.34. The predicted molar refractivity (Wildman–Crippen MR) is 147 cm³/mol. The van der Waals surface area contributed by atoms with Gasteiger partial charge < -0.3 is 15.2 Å². The standard InChI is InChI=1S/C29H37N2O7P/c1-23-12-10-20-31(23,29(34)35)27(32)26(38-39(36)21-11-17-24-13-4-2-5-14-24)18-8-9-19-30-28(33)37-22-25-15-6-3-7-16-25/h2-7,13-16,23,26H,8-12,17-22H2,1H3/p+2/t23-,26+,31?/m1/s1. The zero-order valence-electron chi connectivity index (χ0n) is 22.5. The summed E-state index contributed by atoms with van der Waals surface area (Å²) in [6.07, 6.45) is 1.32. The minimum absolute atomic E-state index is 0.168. The van der Waals surface area contributed by atoms with E-state index in [1.54, 1.807) is 6.92 Å². The van der Waals surface area contributed by atoms with Gasteiger partial charge in [-0.25, -0.2) is 9.59 Å². The third-order valence-electron chi connectivity index (χ3n) is 7.16. The van der Waals surface area contributed by atoms with Gasteiger partial charge in [0.1, 0.15) is 12.6 Å². The number of nitrogens with zero attached hydrogens (tertiary/aromatic N) is 1. The molecule has 3 rings (SSSR count). The van der Waals surface area contributed by atoms with Gasteiger partial charge in [0.25, 0.3) is 0 Å². The first-order valence-electron chi connectivity index (χ1n) is 13.6. The molecule has 2 unspecified atom stereocenters. The number of hydrogen-bond acceptors (Lipinski definition) is 6. The van der Waals surface area contributed by atoms with Gasteiger partial charge in [0, 0.05) is 19.4 Å². The number of unbranched alkanes of at least 4 members (excludes halogenated alkanes) is 1. The van der Waals surface area contributed by atoms with Crippen molar-refractivity contribution < 1.29 is 37.8 Å². The number of alkyl carbamates (subject to hydrolysis) is 1. The smallest absolute Gasteiger partial charge is 0.445 e. The number of nitrogens with one attached hydrogen (secondary N) is 1. The number of amides is 3. The van der Waals surface area contributed by atoms with Crippen molar-refractivity contribution in [3.63, 3.8) is 0 Å². The summed E-state index contributed by atoms with van der Waals surface area (Å²) >= 11 is 0. The van der Waals surface area contributed by atoms with Gasteiger partial charge in [0.2, 0.25) is 6.10 Å². The molecular weight excluding hydrogens is 519 g/mol. The Morgan fingerprint density at radius 3 is 2.31 bits per heavy atom. The maximum absolute atomic E-state index is 13.6. The Morgan fingerprint density at radius 1 is 1.03 bits per heavy atom. The normalized spacial score (nSPS) is 19.7. The molecule has 9 nitrogen and oxygen atoms in total. The van der Waals surface area contributed by atoms with Gasteiger partial charge in [-0.05, 0) is 54.7 Å². The number of aryl methyl sites for hydroxylation is 1. The number of quaternary nitrogens is 1. The molecule has 1 heterocycles. The summed E-state index contributed by atoms with van der Waals surface area (Å²) in [5, 5.41) is 12.7. The van der Waals surface area contributed by atoms with Crippen molar-refractivity contribution in [2.24, 2.45) is 0 Å². The number of carbonyl (C=O) groups is 3. The van der Waals surface area contributed by atoms with E-state index in [0.29, 0.717) is 38.6 Å². The number of likely N-dealkylation sites (tertiary alicyclic amines) is 1. The number of ether oxygens (including phenoxy) is 1. The number of hydrogen-bond donors (Lipinski definition) is 2. The second kappa shape index (κ2) is 15.5. The summed E-state index contributed by atoms with van der Waals surface area (Å²) in [6.45, 7) is 2.46. The van der Waals surface area contributed by atoms with Gasteiger partial charge in [0.15, 0.2) is 6.16 Å². The van der Waals surface area contributed by atoms with E-state index in [9.17, 15) is 24.1 Å². The fourth-order valence-electron chi connectivity index (χ4n) is 4.93. The van der Waals surface area contributed by atoms with Crippen LogP contribution in [0.1, 0.15) is 56.6 Å². The van der Waals surface area contributed by atoms with E-state index >= 15 is 0 Å². The average molecular weight is 559 g/mol. The number of rotatable bonds is 14. The highest BCUT2D eigenvalue weighted by Crippen LogP contribution is 2.34. The molecule has 2 N–H and O–H groups in total. The van der Waals surface area contributed by atoms with Crippen LogP contribution in [0.4, 0.5) is 9.59 Å². The Kier molecular flexibility index (Phi) is 12.1. The topological polar surface area (TPSA) is 119 Å². The van der Waals surface area contributed by atoms with Gasteiger partial charge in [-0.15, -0.1) is 4.52 Å². The lowest BCUT2D eigenvalue weighted by Crippen LogP contribution is -2.61. The first kappa shape index (κ1) is 30.4. The summed E-state index contributed by atoms with van der Waals surface area (Å²) in [7, 11) is -2.14. The fourth-order valence-corrected chi connectivity index (χ4v) is 5.93. The van der Waals surface area contributed by atoms with Crippen molar-refractivity contribution in [2.45, 2.75) is 70.6 Å². The molecule has 0 spiro atoms. The lowest BCUT2D eigenvalue weighted by Gasteiger charge is -2.31. The second-order valence-corrected chi connectivity index (χ2v) is 11.3. The van der Waals surface area contributed by atoms with E-state index in [2.05, 4.69) is 5.32 Å². The molecular formula is C29H39N2O7P+2. The predicted octanol–water partition coefficient (Wildman–Crippen LogP) is 6.05. The summed E-state index contributed by atoms with van der Waals surface area (Å²) in [6, 6.07) is 18.8. The molecule has 0 aliphatic carbocycles. The molecule has 210 valence electrons. The minimum atomic E-state index is -2.14. The van der Waals surface area contributed by atoms with Crippen molar-refractivity contribution in [3.05, 3.63) is 71.8 Å². The third kappa shape index (κ3) is 8.95. The van der Waals surface area contributed by atoms with E-state index in [1.807, 2.05) is 60.7 Å². The van der Waals surface area contributed by atoms with Crippen molar-refractivity contribution in [2.75, 3.05) is 19.3 Å². The van der Waals surface area contributed by atoms with Crippen LogP contribution < -0.4 is 5.32 Å². The van der Waals surface area contributed by atoms with E-state index in [1.165, 1.54) is 0 Å². The second-order valence-electron chi connectivity index (χ2n) is 9.93.